The van der Waals surface area contributed by atoms with Gasteiger partial charge in [0, 0.05) is 6.04 Å². The average molecular weight is 361 g/mol. The predicted octanol–water partition coefficient (Wildman–Crippen LogP) is 2.69. The molecule has 1 saturated carbocycles. The Morgan fingerprint density at radius 1 is 1.24 bits per heavy atom. The maximum Gasteiger partial charge on any atom is 0.233 e. The van der Waals surface area contributed by atoms with E-state index in [0.29, 0.717) is 5.16 Å². The molecular weight excluding hydrogens is 338 g/mol. The van der Waals surface area contributed by atoms with E-state index in [2.05, 4.69) is 20.8 Å². The maximum absolute atomic E-state index is 12.5. The lowest BCUT2D eigenvalue weighted by molar-refractivity contribution is -0.121. The third kappa shape index (κ3) is 4.72. The molecule has 25 heavy (non-hydrogen) atoms. The number of benzene rings is 1. The lowest BCUT2D eigenvalue weighted by atomic mass is 10.1. The molecule has 134 valence electrons. The highest BCUT2D eigenvalue weighted by molar-refractivity contribution is 8.00. The summed E-state index contributed by atoms with van der Waals surface area (Å²) in [7, 11) is 0. The number of carbonyl (C=O) groups excluding carboxylic acids is 1. The van der Waals surface area contributed by atoms with Crippen molar-refractivity contribution >= 4 is 17.7 Å². The van der Waals surface area contributed by atoms with E-state index in [1.165, 1.54) is 37.4 Å². The Balaban J connectivity index is 1.63. The van der Waals surface area contributed by atoms with Gasteiger partial charge in [-0.2, -0.15) is 4.68 Å². The van der Waals surface area contributed by atoms with Crippen LogP contribution in [0.1, 0.15) is 45.4 Å². The van der Waals surface area contributed by atoms with Crippen molar-refractivity contribution in [1.29, 1.82) is 0 Å². The van der Waals surface area contributed by atoms with E-state index < -0.39 is 0 Å². The van der Waals surface area contributed by atoms with Crippen LogP contribution in [0.5, 0.6) is 5.75 Å². The van der Waals surface area contributed by atoms with Gasteiger partial charge in [0.25, 0.3) is 0 Å². The minimum atomic E-state index is -0.287. The number of tetrazole rings is 1. The molecular formula is C17H23N5O2S. The Labute approximate surface area is 151 Å². The highest BCUT2D eigenvalue weighted by Gasteiger charge is 2.22. The Morgan fingerprint density at radius 2 is 1.92 bits per heavy atom. The monoisotopic (exact) mass is 361 g/mol. The second-order valence-electron chi connectivity index (χ2n) is 6.35. The van der Waals surface area contributed by atoms with Gasteiger partial charge in [-0.05, 0) is 54.5 Å². The van der Waals surface area contributed by atoms with E-state index >= 15 is 0 Å². The van der Waals surface area contributed by atoms with Crippen LogP contribution in [0.4, 0.5) is 0 Å². The van der Waals surface area contributed by atoms with Crippen molar-refractivity contribution in [2.75, 3.05) is 0 Å². The quantitative estimate of drug-likeness (QED) is 0.628. The van der Waals surface area contributed by atoms with E-state index in [-0.39, 0.29) is 22.9 Å². The number of thioether (sulfide) groups is 1. The molecule has 1 fully saturated rings. The van der Waals surface area contributed by atoms with Crippen LogP contribution in [0.25, 0.3) is 5.69 Å². The van der Waals surface area contributed by atoms with Crippen LogP contribution < -0.4 is 5.32 Å². The number of amides is 1. The number of rotatable bonds is 5. The highest BCUT2D eigenvalue weighted by Crippen LogP contribution is 2.24. The molecule has 2 aromatic rings. The van der Waals surface area contributed by atoms with Crippen molar-refractivity contribution < 1.29 is 9.90 Å². The SMILES string of the molecule is C[C@@H](Sc1nnnn1-c1ccc(O)cc1)C(=O)NC1CCCCCC1. The van der Waals surface area contributed by atoms with Gasteiger partial charge in [0.15, 0.2) is 0 Å². The molecule has 2 N–H and O–H groups in total. The molecule has 0 bridgehead atoms. The first kappa shape index (κ1) is 17.7. The molecule has 1 aliphatic rings. The lowest BCUT2D eigenvalue weighted by Gasteiger charge is -2.19. The van der Waals surface area contributed by atoms with Gasteiger partial charge in [-0.3, -0.25) is 4.79 Å². The number of carbonyl (C=O) groups is 1. The number of nitrogens with one attached hydrogen (secondary N) is 1. The van der Waals surface area contributed by atoms with E-state index in [0.717, 1.165) is 18.5 Å². The van der Waals surface area contributed by atoms with Gasteiger partial charge in [-0.1, -0.05) is 37.4 Å². The molecule has 0 unspecified atom stereocenters. The minimum absolute atomic E-state index is 0.0251. The Morgan fingerprint density at radius 3 is 2.60 bits per heavy atom. The second-order valence-corrected chi connectivity index (χ2v) is 7.65. The molecule has 8 heteroatoms. The number of nitrogens with zero attached hydrogens (tertiary/aromatic N) is 4. The van der Waals surface area contributed by atoms with Gasteiger partial charge in [0.05, 0.1) is 10.9 Å². The summed E-state index contributed by atoms with van der Waals surface area (Å²) in [5.74, 6) is 0.208. The summed E-state index contributed by atoms with van der Waals surface area (Å²) in [6, 6.07) is 6.89. The number of hydrogen-bond donors (Lipinski definition) is 2. The highest BCUT2D eigenvalue weighted by atomic mass is 32.2. The summed E-state index contributed by atoms with van der Waals surface area (Å²) in [6.45, 7) is 1.87. The van der Waals surface area contributed by atoms with E-state index in [1.807, 2.05) is 6.92 Å². The third-order valence-electron chi connectivity index (χ3n) is 4.39. The van der Waals surface area contributed by atoms with Crippen molar-refractivity contribution in [1.82, 2.24) is 25.5 Å². The van der Waals surface area contributed by atoms with Gasteiger partial charge in [0.2, 0.25) is 11.1 Å². The van der Waals surface area contributed by atoms with Crippen LogP contribution in [0.2, 0.25) is 0 Å². The molecule has 7 nitrogen and oxygen atoms in total. The first-order chi connectivity index (χ1) is 12.1. The van der Waals surface area contributed by atoms with Crippen LogP contribution >= 0.6 is 11.8 Å². The predicted molar refractivity (Wildman–Crippen MR) is 95.8 cm³/mol. The van der Waals surface area contributed by atoms with Gasteiger partial charge in [-0.15, -0.1) is 5.10 Å². The standard InChI is InChI=1S/C17H23N5O2S/c1-12(16(24)18-13-6-4-2-3-5-7-13)25-17-19-20-21-22(17)14-8-10-15(23)11-9-14/h8-13,23H,2-7H2,1H3,(H,18,24)/t12-/m1/s1. The molecule has 0 saturated heterocycles. The Hall–Kier alpha value is -2.09. The normalized spacial score (nSPS) is 17.0. The van der Waals surface area contributed by atoms with Crippen molar-refractivity contribution in [2.45, 2.75) is 61.9 Å². The van der Waals surface area contributed by atoms with Crippen molar-refractivity contribution in [3.8, 4) is 11.4 Å². The van der Waals surface area contributed by atoms with Crippen LogP contribution in [-0.2, 0) is 4.79 Å². The van der Waals surface area contributed by atoms with E-state index in [4.69, 9.17) is 0 Å². The molecule has 1 aromatic carbocycles. The zero-order chi connectivity index (χ0) is 17.6. The van der Waals surface area contributed by atoms with Crippen molar-refractivity contribution in [3.05, 3.63) is 24.3 Å². The molecule has 1 amide bonds. The summed E-state index contributed by atoms with van der Waals surface area (Å²) in [5.41, 5.74) is 0.738. The van der Waals surface area contributed by atoms with E-state index in [1.54, 1.807) is 28.9 Å². The van der Waals surface area contributed by atoms with Crippen LogP contribution in [0.15, 0.2) is 29.4 Å². The number of phenolic OH excluding ortho intramolecular Hbond substituents is 1. The minimum Gasteiger partial charge on any atom is -0.508 e. The van der Waals surface area contributed by atoms with Gasteiger partial charge in [-0.25, -0.2) is 0 Å². The van der Waals surface area contributed by atoms with Gasteiger partial charge < -0.3 is 10.4 Å². The smallest absolute Gasteiger partial charge is 0.233 e. The zero-order valence-corrected chi connectivity index (χ0v) is 15.1. The topological polar surface area (TPSA) is 92.9 Å². The van der Waals surface area contributed by atoms with Gasteiger partial charge in [0.1, 0.15) is 5.75 Å². The first-order valence-corrected chi connectivity index (χ1v) is 9.56. The number of phenols is 1. The average Bonchev–Trinajstić information content (AvgIpc) is 2.90. The summed E-state index contributed by atoms with van der Waals surface area (Å²) in [6.07, 6.45) is 7.02. The summed E-state index contributed by atoms with van der Waals surface area (Å²) < 4.78 is 1.57. The molecule has 0 radical (unpaired) electrons. The van der Waals surface area contributed by atoms with Gasteiger partial charge >= 0.3 is 0 Å². The van der Waals surface area contributed by atoms with Crippen LogP contribution in [0.3, 0.4) is 0 Å². The molecule has 0 spiro atoms. The fourth-order valence-electron chi connectivity index (χ4n) is 2.96. The van der Waals surface area contributed by atoms with Crippen LogP contribution in [-0.4, -0.2) is 42.5 Å². The summed E-state index contributed by atoms with van der Waals surface area (Å²) >= 11 is 1.33. The zero-order valence-electron chi connectivity index (χ0n) is 14.3. The second kappa shape index (κ2) is 8.33. The molecule has 1 atom stereocenters. The largest absolute Gasteiger partial charge is 0.508 e. The Bertz CT molecular complexity index is 695. The maximum atomic E-state index is 12.5. The lowest BCUT2D eigenvalue weighted by Crippen LogP contribution is -2.39. The fraction of sp³-hybridized carbons (Fsp3) is 0.529. The molecule has 1 heterocycles. The molecule has 3 rings (SSSR count). The number of hydrogen-bond acceptors (Lipinski definition) is 6. The Kier molecular flexibility index (Phi) is 5.91. The molecule has 1 aromatic heterocycles. The van der Waals surface area contributed by atoms with Crippen molar-refractivity contribution in [2.24, 2.45) is 0 Å². The van der Waals surface area contributed by atoms with Crippen LogP contribution in [0, 0.1) is 0 Å². The summed E-state index contributed by atoms with van der Waals surface area (Å²) in [4.78, 5) is 12.5. The molecule has 0 aliphatic heterocycles. The fourth-order valence-corrected chi connectivity index (χ4v) is 3.78. The van der Waals surface area contributed by atoms with Crippen molar-refractivity contribution in [3.63, 3.8) is 0 Å². The summed E-state index contributed by atoms with van der Waals surface area (Å²) in [5, 5.41) is 24.5. The van der Waals surface area contributed by atoms with E-state index in [9.17, 15) is 9.90 Å². The molecule has 1 aliphatic carbocycles. The first-order valence-electron chi connectivity index (χ1n) is 8.68. The number of aromatic hydroxyl groups is 1. The number of aromatic nitrogens is 4. The third-order valence-corrected chi connectivity index (χ3v) is 5.42.